The van der Waals surface area contributed by atoms with Gasteiger partial charge in [0.1, 0.15) is 86.3 Å². The van der Waals surface area contributed by atoms with E-state index in [0.29, 0.717) is 17.4 Å². The maximum Gasteiger partial charge on any atom is 0.472 e. The van der Waals surface area contributed by atoms with Crippen LogP contribution in [0.25, 0.3) is 0 Å². The maximum atomic E-state index is 13.4. The van der Waals surface area contributed by atoms with Crippen molar-refractivity contribution >= 4 is 19.6 Å². The summed E-state index contributed by atoms with van der Waals surface area (Å²) in [5, 5.41) is 106. The first-order valence-electron chi connectivity index (χ1n) is 32.6. The smallest absolute Gasteiger partial charge is 0.394 e. The van der Waals surface area contributed by atoms with Gasteiger partial charge in [0.25, 0.3) is 0 Å². The van der Waals surface area contributed by atoms with Crippen LogP contribution in [0.1, 0.15) is 201 Å². The normalized spacial score (nSPS) is 29.7. The van der Waals surface area contributed by atoms with E-state index in [9.17, 15) is 65.0 Å². The third-order valence-electron chi connectivity index (χ3n) is 16.2. The van der Waals surface area contributed by atoms with E-state index in [1.807, 2.05) is 27.2 Å². The van der Waals surface area contributed by atoms with Gasteiger partial charge in [0.05, 0.1) is 59.7 Å². The highest BCUT2D eigenvalue weighted by atomic mass is 31.2. The molecule has 0 bridgehead atoms. The van der Waals surface area contributed by atoms with Crippen molar-refractivity contribution < 1.29 is 107 Å². The number of nitrogens with zero attached hydrogens (tertiary/aromatic N) is 1. The van der Waals surface area contributed by atoms with Crippen LogP contribution in [0.2, 0.25) is 0 Å². The molecule has 3 heterocycles. The number of carbonyl (C=O) groups is 2. The lowest BCUT2D eigenvalue weighted by Gasteiger charge is -2.48. The van der Waals surface area contributed by atoms with Crippen LogP contribution in [0, 0.1) is 0 Å². The summed E-state index contributed by atoms with van der Waals surface area (Å²) in [5.74, 6) is -1.03. The molecule has 3 aliphatic rings. The lowest BCUT2D eigenvalue weighted by atomic mass is 9.95. The molecule has 3 fully saturated rings. The number of aliphatic hydroxyl groups is 9. The molecule has 86 heavy (non-hydrogen) atoms. The van der Waals surface area contributed by atoms with Gasteiger partial charge in [-0.2, -0.15) is 0 Å². The molecule has 25 heteroatoms. The first-order valence-corrected chi connectivity index (χ1v) is 34.1. The third kappa shape index (κ3) is 30.5. The van der Waals surface area contributed by atoms with Crippen molar-refractivity contribution in [3.05, 3.63) is 12.2 Å². The molecule has 0 spiro atoms. The average Bonchev–Trinajstić information content (AvgIpc) is 1.10. The van der Waals surface area contributed by atoms with E-state index < -0.39 is 144 Å². The molecule has 3 rings (SSSR count). The Bertz CT molecular complexity index is 1860. The van der Waals surface area contributed by atoms with Gasteiger partial charge in [-0.1, -0.05) is 180 Å². The van der Waals surface area contributed by atoms with Gasteiger partial charge in [-0.25, -0.2) is 4.57 Å². The van der Waals surface area contributed by atoms with Gasteiger partial charge >= 0.3 is 7.82 Å². The summed E-state index contributed by atoms with van der Waals surface area (Å²) in [7, 11) is 0.754. The van der Waals surface area contributed by atoms with Crippen molar-refractivity contribution in [2.24, 2.45) is 0 Å². The summed E-state index contributed by atoms with van der Waals surface area (Å²) in [6.45, 7) is 2.68. The van der Waals surface area contributed by atoms with Crippen LogP contribution < -0.4 is 10.6 Å². The van der Waals surface area contributed by atoms with E-state index in [1.165, 1.54) is 122 Å². The van der Waals surface area contributed by atoms with Gasteiger partial charge in [0.2, 0.25) is 11.8 Å². The van der Waals surface area contributed by atoms with E-state index in [4.69, 9.17) is 37.5 Å². The van der Waals surface area contributed by atoms with Crippen LogP contribution >= 0.6 is 7.82 Å². The van der Waals surface area contributed by atoms with E-state index in [0.717, 1.165) is 51.9 Å². The minimum atomic E-state index is -4.74. The zero-order valence-electron chi connectivity index (χ0n) is 52.9. The summed E-state index contributed by atoms with van der Waals surface area (Å²) >= 11 is 0. The number of quaternary nitrogens is 1. The van der Waals surface area contributed by atoms with Crippen LogP contribution in [0.3, 0.4) is 0 Å². The zero-order chi connectivity index (χ0) is 63.5. The predicted octanol–water partition coefficient (Wildman–Crippen LogP) is 4.81. The van der Waals surface area contributed by atoms with Gasteiger partial charge in [-0.05, 0) is 19.3 Å². The summed E-state index contributed by atoms with van der Waals surface area (Å²) < 4.78 is 58.6. The first kappa shape index (κ1) is 78.4. The van der Waals surface area contributed by atoms with Gasteiger partial charge in [0, 0.05) is 13.3 Å². The molecule has 3 saturated heterocycles. The van der Waals surface area contributed by atoms with Gasteiger partial charge in [-0.15, -0.1) is 0 Å². The Kier molecular flexibility index (Phi) is 40.0. The number of amides is 2. The number of aliphatic hydroxyl groups excluding tert-OH is 9. The van der Waals surface area contributed by atoms with Crippen LogP contribution in [-0.4, -0.2) is 232 Å². The SMILES string of the molecule is CCCCCCCCCCCCC/C=C/[C@H](O)[C@@H](CO[C@@H]1O[C@H](CO)[C@@H](O[C@@H]2O[C@H](CO)[C@@H](O)[C@H](O[C@@H]3O[C@H](COP(=O)(O)OCC[N+](C)(C)C)[C@@H](O)[C@H](O)[C@H]3NC(C)=O)[C@@H]2O)[C@H](O)[C@H]1O)NC(=O)CCCCCCCCCCCCCCCCC. The van der Waals surface area contributed by atoms with Crippen molar-refractivity contribution in [3.8, 4) is 0 Å². The highest BCUT2D eigenvalue weighted by Crippen LogP contribution is 2.44. The highest BCUT2D eigenvalue weighted by molar-refractivity contribution is 7.47. The summed E-state index contributed by atoms with van der Waals surface area (Å²) in [6, 6.07) is -2.61. The molecule has 12 N–H and O–H groups in total. The molecule has 506 valence electrons. The fourth-order valence-corrected chi connectivity index (χ4v) is 11.6. The molecule has 18 atom stereocenters. The molecule has 3 aliphatic heterocycles. The number of allylic oxidation sites excluding steroid dienone is 1. The molecule has 0 saturated carbocycles. The molecule has 1 unspecified atom stereocenters. The fourth-order valence-electron chi connectivity index (χ4n) is 10.9. The number of rotatable bonds is 48. The van der Waals surface area contributed by atoms with E-state index in [2.05, 4.69) is 24.5 Å². The molecule has 0 aromatic carbocycles. The minimum absolute atomic E-state index is 0.181. The largest absolute Gasteiger partial charge is 0.472 e. The van der Waals surface area contributed by atoms with Crippen molar-refractivity contribution in [1.29, 1.82) is 0 Å². The lowest BCUT2D eigenvalue weighted by Crippen LogP contribution is -2.68. The van der Waals surface area contributed by atoms with Gasteiger partial charge in [0.15, 0.2) is 18.9 Å². The van der Waals surface area contributed by atoms with Crippen LogP contribution in [0.4, 0.5) is 0 Å². The molecular formula is C61H117N3O21P+. The number of carbonyl (C=O) groups excluding carboxylic acids is 2. The number of phosphoric ester groups is 1. The predicted molar refractivity (Wildman–Crippen MR) is 322 cm³/mol. The Morgan fingerprint density at radius 1 is 0.581 bits per heavy atom. The lowest BCUT2D eigenvalue weighted by molar-refractivity contribution is -0.870. The number of likely N-dealkylation sites (N-methyl/N-ethyl adjacent to an activating group) is 1. The Labute approximate surface area is 513 Å². The Hall–Kier alpha value is -1.85. The molecule has 0 aliphatic carbocycles. The molecular weight excluding hydrogens is 1140 g/mol. The van der Waals surface area contributed by atoms with Crippen LogP contribution in [-0.2, 0) is 51.6 Å². The zero-order valence-corrected chi connectivity index (χ0v) is 53.8. The second-order valence-corrected chi connectivity index (χ2v) is 26.4. The van der Waals surface area contributed by atoms with Crippen molar-refractivity contribution in [2.45, 2.75) is 305 Å². The number of phosphoric acid groups is 1. The number of hydrogen-bond donors (Lipinski definition) is 12. The standard InChI is InChI=1S/C61H116N3O21P/c1-7-9-11-13-15-17-19-21-22-24-26-28-30-32-34-36-49(69)63-44(45(68)35-33-31-29-27-25-23-20-18-16-14-12-10-8-2)41-78-60-55(74)54(73)57(47(40-66)82-60)84-61-56(75)58(52(71)46(39-65)81-61)85-59-50(62-43(3)67)53(72)51(70)48(83-59)42-80-86(76,77)79-38-37-64(4,5)6/h33,35,44-48,50-61,65-66,68,70-75H,7-32,34,36-42H2,1-6H3,(H2-,62,63,67,69,76,77)/p+1/b35-33+/t44-,45+,46-,47-,48-,50-,51-,52-,53-,54-,55-,56+,57-,58+,59+,60-,61+/m1/s1. The number of nitrogens with one attached hydrogen (secondary N) is 2. The first-order chi connectivity index (χ1) is 41.1. The van der Waals surface area contributed by atoms with Crippen LogP contribution in [0.15, 0.2) is 12.2 Å². The topological polar surface area (TPSA) is 351 Å². The van der Waals surface area contributed by atoms with E-state index in [-0.39, 0.29) is 18.9 Å². The maximum absolute atomic E-state index is 13.4. The molecule has 24 nitrogen and oxygen atoms in total. The summed E-state index contributed by atoms with van der Waals surface area (Å²) in [4.78, 5) is 36.1. The van der Waals surface area contributed by atoms with Crippen molar-refractivity contribution in [2.75, 3.05) is 60.7 Å². The minimum Gasteiger partial charge on any atom is -0.394 e. The number of hydrogen-bond acceptors (Lipinski definition) is 20. The van der Waals surface area contributed by atoms with Gasteiger partial charge in [-0.3, -0.25) is 18.6 Å². The molecule has 0 aromatic heterocycles. The summed E-state index contributed by atoms with van der Waals surface area (Å²) in [6.07, 6.45) is 8.92. The Morgan fingerprint density at radius 3 is 1.58 bits per heavy atom. The monoisotopic (exact) mass is 1260 g/mol. The second-order valence-electron chi connectivity index (χ2n) is 24.9. The van der Waals surface area contributed by atoms with Crippen LogP contribution in [0.5, 0.6) is 0 Å². The molecule has 0 radical (unpaired) electrons. The van der Waals surface area contributed by atoms with E-state index in [1.54, 1.807) is 6.08 Å². The number of unbranched alkanes of at least 4 members (excludes halogenated alkanes) is 25. The van der Waals surface area contributed by atoms with E-state index >= 15 is 0 Å². The summed E-state index contributed by atoms with van der Waals surface area (Å²) in [5.41, 5.74) is 0. The fraction of sp³-hybridized carbons (Fsp3) is 0.934. The van der Waals surface area contributed by atoms with Crippen molar-refractivity contribution in [1.82, 2.24) is 10.6 Å². The quantitative estimate of drug-likeness (QED) is 0.0168. The Balaban J connectivity index is 1.66. The molecule has 2 amide bonds. The number of ether oxygens (including phenoxy) is 6. The molecule has 0 aromatic rings. The Morgan fingerprint density at radius 2 is 1.07 bits per heavy atom. The van der Waals surface area contributed by atoms with Crippen molar-refractivity contribution in [3.63, 3.8) is 0 Å². The van der Waals surface area contributed by atoms with Gasteiger partial charge < -0.3 is 94.4 Å². The third-order valence-corrected chi connectivity index (χ3v) is 17.2. The highest BCUT2D eigenvalue weighted by Gasteiger charge is 2.54. The second kappa shape index (κ2) is 43.8. The average molecular weight is 1260 g/mol.